The van der Waals surface area contributed by atoms with E-state index in [1.165, 1.54) is 11.8 Å². The lowest BCUT2D eigenvalue weighted by Crippen LogP contribution is -2.25. The van der Waals surface area contributed by atoms with Gasteiger partial charge in [-0.1, -0.05) is 42.4 Å². The number of amides is 1. The van der Waals surface area contributed by atoms with E-state index in [4.69, 9.17) is 16.3 Å². The zero-order valence-corrected chi connectivity index (χ0v) is 17.3. The van der Waals surface area contributed by atoms with Gasteiger partial charge in [0.05, 0.1) is 17.9 Å². The molecule has 0 atom stereocenters. The van der Waals surface area contributed by atoms with Crippen molar-refractivity contribution in [3.05, 3.63) is 53.6 Å². The van der Waals surface area contributed by atoms with E-state index in [1.807, 2.05) is 60.0 Å². The van der Waals surface area contributed by atoms with Gasteiger partial charge in [0.2, 0.25) is 5.91 Å². The van der Waals surface area contributed by atoms with Crippen molar-refractivity contribution >= 4 is 29.3 Å². The molecule has 0 spiro atoms. The van der Waals surface area contributed by atoms with E-state index in [9.17, 15) is 4.79 Å². The number of hydrogen-bond donors (Lipinski definition) is 1. The van der Waals surface area contributed by atoms with Crippen LogP contribution >= 0.6 is 23.4 Å². The maximum atomic E-state index is 12.0. The molecule has 2 aromatic carbocycles. The highest BCUT2D eigenvalue weighted by Crippen LogP contribution is 2.32. The molecule has 0 saturated heterocycles. The number of thioether (sulfide) groups is 1. The molecule has 0 saturated carbocycles. The lowest BCUT2D eigenvalue weighted by Gasteiger charge is -2.12. The first kappa shape index (κ1) is 20.2. The quantitative estimate of drug-likeness (QED) is 0.557. The van der Waals surface area contributed by atoms with E-state index in [0.717, 1.165) is 23.4 Å². The summed E-state index contributed by atoms with van der Waals surface area (Å²) in [7, 11) is 1.62. The summed E-state index contributed by atoms with van der Waals surface area (Å²) in [5, 5.41) is 12.7. The highest BCUT2D eigenvalue weighted by molar-refractivity contribution is 7.99. The fourth-order valence-electron chi connectivity index (χ4n) is 2.59. The summed E-state index contributed by atoms with van der Waals surface area (Å²) >= 11 is 7.72. The summed E-state index contributed by atoms with van der Waals surface area (Å²) in [5.74, 6) is 1.60. The van der Waals surface area contributed by atoms with Gasteiger partial charge in [0.15, 0.2) is 11.0 Å². The van der Waals surface area contributed by atoms with Gasteiger partial charge in [-0.3, -0.25) is 9.36 Å². The van der Waals surface area contributed by atoms with Gasteiger partial charge in [-0.05, 0) is 42.8 Å². The fourth-order valence-corrected chi connectivity index (χ4v) is 3.59. The minimum absolute atomic E-state index is 0.0320. The van der Waals surface area contributed by atoms with Gasteiger partial charge in [-0.15, -0.1) is 10.2 Å². The summed E-state index contributed by atoms with van der Waals surface area (Å²) in [4.78, 5) is 12.0. The molecule has 1 aromatic heterocycles. The van der Waals surface area contributed by atoms with Gasteiger partial charge in [0.1, 0.15) is 5.75 Å². The molecule has 0 fully saturated rings. The van der Waals surface area contributed by atoms with Gasteiger partial charge in [-0.25, -0.2) is 0 Å². The number of ether oxygens (including phenoxy) is 1. The van der Waals surface area contributed by atoms with Gasteiger partial charge >= 0.3 is 0 Å². The predicted octanol–water partition coefficient (Wildman–Crippen LogP) is 4.21. The van der Waals surface area contributed by atoms with Gasteiger partial charge in [0, 0.05) is 17.8 Å². The Morgan fingerprint density at radius 1 is 1.18 bits per heavy atom. The molecule has 0 unspecified atom stereocenters. The maximum Gasteiger partial charge on any atom is 0.230 e. The van der Waals surface area contributed by atoms with Crippen LogP contribution in [-0.4, -0.2) is 40.1 Å². The number of halogens is 1. The second-order valence-corrected chi connectivity index (χ2v) is 7.31. The second kappa shape index (κ2) is 9.61. The normalized spacial score (nSPS) is 10.7. The summed E-state index contributed by atoms with van der Waals surface area (Å²) in [6, 6.07) is 15.1. The van der Waals surface area contributed by atoms with Crippen LogP contribution in [0.5, 0.6) is 5.75 Å². The van der Waals surface area contributed by atoms with Crippen LogP contribution in [-0.2, 0) is 4.79 Å². The number of hydrogen-bond acceptors (Lipinski definition) is 5. The van der Waals surface area contributed by atoms with Crippen LogP contribution in [0.3, 0.4) is 0 Å². The maximum absolute atomic E-state index is 12.0. The molecular weight excluding hydrogens is 396 g/mol. The minimum atomic E-state index is -0.0320. The van der Waals surface area contributed by atoms with Gasteiger partial charge < -0.3 is 10.1 Å². The minimum Gasteiger partial charge on any atom is -0.497 e. The SMILES string of the molecule is CCCNC(=O)CSc1nnc(-c2ccccc2Cl)n1-c1ccc(OC)cc1. The van der Waals surface area contributed by atoms with Crippen molar-refractivity contribution in [3.8, 4) is 22.8 Å². The third kappa shape index (κ3) is 4.66. The Morgan fingerprint density at radius 3 is 2.61 bits per heavy atom. The molecule has 8 heteroatoms. The van der Waals surface area contributed by atoms with E-state index in [2.05, 4.69) is 15.5 Å². The highest BCUT2D eigenvalue weighted by Gasteiger charge is 2.19. The number of methoxy groups -OCH3 is 1. The largest absolute Gasteiger partial charge is 0.497 e. The van der Waals surface area contributed by atoms with E-state index in [1.54, 1.807) is 7.11 Å². The number of nitrogens with zero attached hydrogens (tertiary/aromatic N) is 3. The number of benzene rings is 2. The van der Waals surface area contributed by atoms with Gasteiger partial charge in [-0.2, -0.15) is 0 Å². The third-order valence-corrected chi connectivity index (χ3v) is 5.24. The first-order chi connectivity index (χ1) is 13.6. The molecule has 6 nitrogen and oxygen atoms in total. The van der Waals surface area contributed by atoms with E-state index in [-0.39, 0.29) is 11.7 Å². The Balaban J connectivity index is 1.98. The Bertz CT molecular complexity index is 944. The molecule has 0 aliphatic carbocycles. The van der Waals surface area contributed by atoms with Crippen molar-refractivity contribution in [2.24, 2.45) is 0 Å². The van der Waals surface area contributed by atoms with Crippen LogP contribution in [0.2, 0.25) is 5.02 Å². The molecular formula is C20H21ClN4O2S. The van der Waals surface area contributed by atoms with Crippen LogP contribution in [0, 0.1) is 0 Å². The van der Waals surface area contributed by atoms with Crippen molar-refractivity contribution < 1.29 is 9.53 Å². The first-order valence-corrected chi connectivity index (χ1v) is 10.2. The number of nitrogens with one attached hydrogen (secondary N) is 1. The van der Waals surface area contributed by atoms with E-state index in [0.29, 0.717) is 22.5 Å². The van der Waals surface area contributed by atoms with Crippen LogP contribution in [0.25, 0.3) is 17.1 Å². The highest BCUT2D eigenvalue weighted by atomic mass is 35.5. The van der Waals surface area contributed by atoms with Crippen molar-refractivity contribution in [1.82, 2.24) is 20.1 Å². The molecule has 1 amide bonds. The van der Waals surface area contributed by atoms with Crippen molar-refractivity contribution in [2.45, 2.75) is 18.5 Å². The monoisotopic (exact) mass is 416 g/mol. The zero-order chi connectivity index (χ0) is 19.9. The van der Waals surface area contributed by atoms with Crippen LogP contribution < -0.4 is 10.1 Å². The zero-order valence-electron chi connectivity index (χ0n) is 15.7. The predicted molar refractivity (Wildman–Crippen MR) is 112 cm³/mol. The topological polar surface area (TPSA) is 69.0 Å². The van der Waals surface area contributed by atoms with Crippen LogP contribution in [0.15, 0.2) is 53.7 Å². The molecule has 0 bridgehead atoms. The Hall–Kier alpha value is -2.51. The van der Waals surface area contributed by atoms with E-state index >= 15 is 0 Å². The Morgan fingerprint density at radius 2 is 1.93 bits per heavy atom. The average Bonchev–Trinajstić information content (AvgIpc) is 3.14. The smallest absolute Gasteiger partial charge is 0.230 e. The first-order valence-electron chi connectivity index (χ1n) is 8.88. The number of carbonyl (C=O) groups excluding carboxylic acids is 1. The summed E-state index contributed by atoms with van der Waals surface area (Å²) in [5.41, 5.74) is 1.63. The van der Waals surface area contributed by atoms with E-state index < -0.39 is 0 Å². The number of aromatic nitrogens is 3. The van der Waals surface area contributed by atoms with Crippen molar-refractivity contribution in [2.75, 3.05) is 19.4 Å². The van der Waals surface area contributed by atoms with Crippen molar-refractivity contribution in [1.29, 1.82) is 0 Å². The number of rotatable bonds is 8. The van der Waals surface area contributed by atoms with Crippen LogP contribution in [0.1, 0.15) is 13.3 Å². The summed E-state index contributed by atoms with van der Waals surface area (Å²) in [6.45, 7) is 2.68. The van der Waals surface area contributed by atoms with Crippen LogP contribution in [0.4, 0.5) is 0 Å². The number of carbonyl (C=O) groups is 1. The van der Waals surface area contributed by atoms with Gasteiger partial charge in [0.25, 0.3) is 0 Å². The molecule has 0 aliphatic rings. The molecule has 1 N–H and O–H groups in total. The molecule has 3 aromatic rings. The Kier molecular flexibility index (Phi) is 6.95. The van der Waals surface area contributed by atoms with Crippen molar-refractivity contribution in [3.63, 3.8) is 0 Å². The lowest BCUT2D eigenvalue weighted by molar-refractivity contribution is -0.118. The molecule has 146 valence electrons. The lowest BCUT2D eigenvalue weighted by atomic mass is 10.2. The molecule has 0 aliphatic heterocycles. The molecule has 28 heavy (non-hydrogen) atoms. The Labute approximate surface area is 173 Å². The summed E-state index contributed by atoms with van der Waals surface area (Å²) in [6.07, 6.45) is 0.898. The third-order valence-electron chi connectivity index (χ3n) is 3.98. The molecule has 0 radical (unpaired) electrons. The average molecular weight is 417 g/mol. The summed E-state index contributed by atoms with van der Waals surface area (Å²) < 4.78 is 7.15. The molecule has 3 rings (SSSR count). The molecule has 1 heterocycles. The second-order valence-electron chi connectivity index (χ2n) is 5.96. The fraction of sp³-hybridized carbons (Fsp3) is 0.250. The standard InChI is InChI=1S/C20H21ClN4O2S/c1-3-12-22-18(26)13-28-20-24-23-19(16-6-4-5-7-17(16)21)25(20)14-8-10-15(27-2)11-9-14/h4-11H,3,12-13H2,1-2H3,(H,22,26).